The largest absolute Gasteiger partial charge is 0.275 e. The van der Waals surface area contributed by atoms with E-state index >= 15 is 0 Å². The first-order chi connectivity index (χ1) is 10.5. The van der Waals surface area contributed by atoms with Gasteiger partial charge >= 0.3 is 0 Å². The number of rotatable bonds is 3. The van der Waals surface area contributed by atoms with E-state index in [1.54, 1.807) is 19.1 Å². The molecular weight excluding hydrogens is 284 g/mol. The van der Waals surface area contributed by atoms with Crippen molar-refractivity contribution in [2.24, 2.45) is 11.8 Å². The summed E-state index contributed by atoms with van der Waals surface area (Å²) in [5.41, 5.74) is 0.715. The minimum atomic E-state index is -0.471. The molecule has 2 amide bonds. The molecule has 1 aromatic rings. The summed E-state index contributed by atoms with van der Waals surface area (Å²) >= 11 is 0. The van der Waals surface area contributed by atoms with Gasteiger partial charge in [-0.05, 0) is 25.3 Å². The van der Waals surface area contributed by atoms with Crippen LogP contribution in [0.25, 0.3) is 0 Å². The standard InChI is InChI=1S/C16H16N2O4/c1-10(11-6-8-12(9-7-11)18(21)22)17-15(19)13-4-2-3-5-14(13)16(17)20/h2-3,6-10,13-14H,4-5H2,1H3. The minimum absolute atomic E-state index is 0.00658. The highest BCUT2D eigenvalue weighted by Gasteiger charge is 2.48. The molecule has 22 heavy (non-hydrogen) atoms. The van der Waals surface area contributed by atoms with Crippen molar-refractivity contribution < 1.29 is 14.5 Å². The number of imide groups is 1. The van der Waals surface area contributed by atoms with E-state index in [0.717, 1.165) is 5.56 Å². The normalized spacial score (nSPS) is 25.2. The van der Waals surface area contributed by atoms with Crippen LogP contribution in [0.5, 0.6) is 0 Å². The molecule has 3 rings (SSSR count). The molecule has 0 spiro atoms. The zero-order valence-corrected chi connectivity index (χ0v) is 12.1. The maximum absolute atomic E-state index is 12.5. The fraction of sp³-hybridized carbons (Fsp3) is 0.375. The Bertz CT molecular complexity index is 639. The Kier molecular flexibility index (Phi) is 3.52. The molecule has 6 nitrogen and oxygen atoms in total. The van der Waals surface area contributed by atoms with Crippen LogP contribution in [0.3, 0.4) is 0 Å². The van der Waals surface area contributed by atoms with Crippen molar-refractivity contribution in [3.63, 3.8) is 0 Å². The molecular formula is C16H16N2O4. The third-order valence-electron chi connectivity index (χ3n) is 4.52. The van der Waals surface area contributed by atoms with Crippen molar-refractivity contribution in [1.29, 1.82) is 0 Å². The van der Waals surface area contributed by atoms with Gasteiger partial charge in [0.15, 0.2) is 0 Å². The lowest BCUT2D eigenvalue weighted by atomic mass is 9.85. The Hall–Kier alpha value is -2.50. The van der Waals surface area contributed by atoms with Crippen LogP contribution in [0.2, 0.25) is 0 Å². The fourth-order valence-electron chi connectivity index (χ4n) is 3.23. The number of amides is 2. The number of fused-ring (bicyclic) bond motifs is 1. The monoisotopic (exact) mass is 300 g/mol. The van der Waals surface area contributed by atoms with Crippen LogP contribution in [-0.4, -0.2) is 21.6 Å². The molecule has 0 saturated carbocycles. The summed E-state index contributed by atoms with van der Waals surface area (Å²) in [6.45, 7) is 1.78. The topological polar surface area (TPSA) is 80.5 Å². The molecule has 3 unspecified atom stereocenters. The van der Waals surface area contributed by atoms with Gasteiger partial charge in [-0.2, -0.15) is 0 Å². The number of nitro groups is 1. The lowest BCUT2D eigenvalue weighted by Crippen LogP contribution is -2.33. The van der Waals surface area contributed by atoms with Gasteiger partial charge in [-0.25, -0.2) is 0 Å². The smallest absolute Gasteiger partial charge is 0.269 e. The minimum Gasteiger partial charge on any atom is -0.275 e. The highest BCUT2D eigenvalue weighted by Crippen LogP contribution is 2.39. The van der Waals surface area contributed by atoms with Crippen molar-refractivity contribution in [3.05, 3.63) is 52.1 Å². The average Bonchev–Trinajstić information content (AvgIpc) is 2.79. The van der Waals surface area contributed by atoms with Crippen LogP contribution in [-0.2, 0) is 9.59 Å². The first-order valence-corrected chi connectivity index (χ1v) is 7.27. The summed E-state index contributed by atoms with van der Waals surface area (Å²) in [6.07, 6.45) is 5.12. The van der Waals surface area contributed by atoms with E-state index in [1.165, 1.54) is 17.0 Å². The maximum Gasteiger partial charge on any atom is 0.269 e. The average molecular weight is 300 g/mol. The second-order valence-corrected chi connectivity index (χ2v) is 5.73. The molecule has 1 heterocycles. The molecule has 114 valence electrons. The quantitative estimate of drug-likeness (QED) is 0.372. The van der Waals surface area contributed by atoms with Gasteiger partial charge in [-0.3, -0.25) is 24.6 Å². The van der Waals surface area contributed by atoms with Crippen molar-refractivity contribution in [1.82, 2.24) is 4.90 Å². The summed E-state index contributed by atoms with van der Waals surface area (Å²) in [5.74, 6) is -0.772. The van der Waals surface area contributed by atoms with Gasteiger partial charge in [0.05, 0.1) is 22.8 Å². The van der Waals surface area contributed by atoms with Crippen LogP contribution < -0.4 is 0 Å². The van der Waals surface area contributed by atoms with Crippen molar-refractivity contribution >= 4 is 17.5 Å². The lowest BCUT2D eigenvalue weighted by Gasteiger charge is -2.23. The summed E-state index contributed by atoms with van der Waals surface area (Å²) in [7, 11) is 0. The second kappa shape index (κ2) is 5.36. The van der Waals surface area contributed by atoms with Gasteiger partial charge in [-0.15, -0.1) is 0 Å². The first kappa shape index (κ1) is 14.4. The summed E-state index contributed by atoms with van der Waals surface area (Å²) in [4.78, 5) is 36.6. The number of non-ortho nitro benzene ring substituents is 1. The second-order valence-electron chi connectivity index (χ2n) is 5.73. The van der Waals surface area contributed by atoms with Gasteiger partial charge in [0.1, 0.15) is 0 Å². The van der Waals surface area contributed by atoms with E-state index in [1.807, 2.05) is 12.2 Å². The molecule has 1 aromatic carbocycles. The summed E-state index contributed by atoms with van der Waals surface area (Å²) in [6, 6.07) is 5.58. The number of nitrogens with zero attached hydrogens (tertiary/aromatic N) is 2. The predicted octanol–water partition coefficient (Wildman–Crippen LogP) is 2.61. The van der Waals surface area contributed by atoms with Gasteiger partial charge in [0.2, 0.25) is 11.8 Å². The Labute approximate surface area is 127 Å². The molecule has 1 aliphatic carbocycles. The van der Waals surface area contributed by atoms with Gasteiger partial charge in [-0.1, -0.05) is 24.3 Å². The number of carbonyl (C=O) groups is 2. The molecule has 0 aromatic heterocycles. The Morgan fingerprint density at radius 2 is 1.59 bits per heavy atom. The van der Waals surface area contributed by atoms with Gasteiger partial charge in [0, 0.05) is 12.1 Å². The van der Waals surface area contributed by atoms with Gasteiger partial charge < -0.3 is 0 Å². The number of carbonyl (C=O) groups excluding carboxylic acids is 2. The molecule has 0 radical (unpaired) electrons. The molecule has 1 fully saturated rings. The third-order valence-corrected chi connectivity index (χ3v) is 4.52. The van der Waals surface area contributed by atoms with Crippen molar-refractivity contribution in [3.8, 4) is 0 Å². The van der Waals surface area contributed by atoms with Crippen LogP contribution in [0, 0.1) is 22.0 Å². The van der Waals surface area contributed by atoms with Crippen LogP contribution >= 0.6 is 0 Å². The number of nitro benzene ring substituents is 1. The molecule has 0 bridgehead atoms. The number of benzene rings is 1. The van der Waals surface area contributed by atoms with E-state index < -0.39 is 11.0 Å². The van der Waals surface area contributed by atoms with Crippen LogP contribution in [0.15, 0.2) is 36.4 Å². The maximum atomic E-state index is 12.5. The van der Waals surface area contributed by atoms with E-state index in [0.29, 0.717) is 12.8 Å². The first-order valence-electron chi connectivity index (χ1n) is 7.27. The molecule has 2 aliphatic rings. The summed E-state index contributed by atoms with van der Waals surface area (Å²) in [5, 5.41) is 10.7. The lowest BCUT2D eigenvalue weighted by molar-refractivity contribution is -0.384. The predicted molar refractivity (Wildman–Crippen MR) is 78.7 cm³/mol. The van der Waals surface area contributed by atoms with Gasteiger partial charge in [0.25, 0.3) is 5.69 Å². The Balaban J connectivity index is 1.85. The SMILES string of the molecule is CC(c1ccc([N+](=O)[O-])cc1)N1C(=O)C2CC=CCC2C1=O. The van der Waals surface area contributed by atoms with Crippen molar-refractivity contribution in [2.45, 2.75) is 25.8 Å². The zero-order valence-electron chi connectivity index (χ0n) is 12.1. The number of likely N-dealkylation sites (tertiary alicyclic amines) is 1. The Morgan fingerprint density at radius 1 is 1.09 bits per heavy atom. The van der Waals surface area contributed by atoms with Crippen LogP contribution in [0.1, 0.15) is 31.4 Å². The number of hydrogen-bond donors (Lipinski definition) is 0. The van der Waals surface area contributed by atoms with Crippen LogP contribution in [0.4, 0.5) is 5.69 Å². The zero-order chi connectivity index (χ0) is 15.9. The van der Waals surface area contributed by atoms with E-state index in [4.69, 9.17) is 0 Å². The number of allylic oxidation sites excluding steroid dienone is 2. The molecule has 1 saturated heterocycles. The molecule has 6 heteroatoms. The highest BCUT2D eigenvalue weighted by molar-refractivity contribution is 6.05. The molecule has 1 aliphatic heterocycles. The van der Waals surface area contributed by atoms with Crippen molar-refractivity contribution in [2.75, 3.05) is 0 Å². The highest BCUT2D eigenvalue weighted by atomic mass is 16.6. The van der Waals surface area contributed by atoms with E-state index in [2.05, 4.69) is 0 Å². The van der Waals surface area contributed by atoms with E-state index in [-0.39, 0.29) is 29.3 Å². The third kappa shape index (κ3) is 2.20. The number of hydrogen-bond acceptors (Lipinski definition) is 4. The fourth-order valence-corrected chi connectivity index (χ4v) is 3.23. The Morgan fingerprint density at radius 3 is 2.05 bits per heavy atom. The molecule has 0 N–H and O–H groups in total. The molecule has 3 atom stereocenters. The summed E-state index contributed by atoms with van der Waals surface area (Å²) < 4.78 is 0. The van der Waals surface area contributed by atoms with E-state index in [9.17, 15) is 19.7 Å².